The van der Waals surface area contributed by atoms with Crippen LogP contribution in [0.15, 0.2) is 81.7 Å². The summed E-state index contributed by atoms with van der Waals surface area (Å²) in [5.41, 5.74) is 2.90. The molecule has 1 atom stereocenters. The molecule has 11 heteroatoms. The molecule has 0 saturated carbocycles. The molecular formula is C33H29ClN2O7S. The Kier molecular flexibility index (Phi) is 8.45. The van der Waals surface area contributed by atoms with E-state index in [1.807, 2.05) is 55.5 Å². The third-order valence-electron chi connectivity index (χ3n) is 7.10. The van der Waals surface area contributed by atoms with E-state index >= 15 is 0 Å². The number of carbonyl (C=O) groups is 1. The lowest BCUT2D eigenvalue weighted by atomic mass is 9.95. The topological polar surface area (TPSA) is 97.6 Å². The van der Waals surface area contributed by atoms with Crippen molar-refractivity contribution >= 4 is 35.0 Å². The van der Waals surface area contributed by atoms with Gasteiger partial charge in [-0.25, -0.2) is 9.79 Å². The number of nitrogens with zero attached hydrogens (tertiary/aromatic N) is 2. The summed E-state index contributed by atoms with van der Waals surface area (Å²) in [5, 5.41) is 0.660. The standard InChI is InChI=1S/C33H29ClN2O7S/c1-4-39-26-14-21(8-12-24(26)41-17-20-6-10-23(34)11-7-20)15-28-31(37)36-30(22-9-13-25-27(16-22)43-18-42-25)29(32(38)40-5-2)19(3)35-33(36)44-28/h6-16,30H,4-5,17-18H2,1-3H3/b28-15-/t30-/m1/s1. The van der Waals surface area contributed by atoms with Crippen LogP contribution in [-0.2, 0) is 16.1 Å². The Labute approximate surface area is 262 Å². The maximum atomic E-state index is 14.0. The molecule has 0 fully saturated rings. The number of aromatic nitrogens is 1. The van der Waals surface area contributed by atoms with E-state index in [0.29, 0.717) is 67.4 Å². The molecule has 0 bridgehead atoms. The van der Waals surface area contributed by atoms with Crippen molar-refractivity contribution in [3.63, 3.8) is 0 Å². The van der Waals surface area contributed by atoms with Gasteiger partial charge in [0.1, 0.15) is 6.61 Å². The lowest BCUT2D eigenvalue weighted by molar-refractivity contribution is -0.139. The van der Waals surface area contributed by atoms with E-state index in [4.69, 9.17) is 35.3 Å². The largest absolute Gasteiger partial charge is 0.490 e. The minimum atomic E-state index is -0.760. The second kappa shape index (κ2) is 12.6. The normalized spacial score (nSPS) is 15.5. The molecule has 4 aromatic rings. The van der Waals surface area contributed by atoms with Crippen molar-refractivity contribution in [3.05, 3.63) is 113 Å². The molecule has 44 heavy (non-hydrogen) atoms. The first kappa shape index (κ1) is 29.5. The van der Waals surface area contributed by atoms with Gasteiger partial charge in [-0.3, -0.25) is 9.36 Å². The molecule has 0 aliphatic carbocycles. The lowest BCUT2D eigenvalue weighted by Gasteiger charge is -2.24. The van der Waals surface area contributed by atoms with Gasteiger partial charge in [0, 0.05) is 5.02 Å². The highest BCUT2D eigenvalue weighted by molar-refractivity contribution is 7.07. The van der Waals surface area contributed by atoms with E-state index in [-0.39, 0.29) is 19.0 Å². The van der Waals surface area contributed by atoms with Gasteiger partial charge >= 0.3 is 5.97 Å². The first-order valence-corrected chi connectivity index (χ1v) is 15.3. The molecule has 0 saturated heterocycles. The predicted molar refractivity (Wildman–Crippen MR) is 166 cm³/mol. The number of rotatable bonds is 9. The van der Waals surface area contributed by atoms with Gasteiger partial charge in [0.05, 0.1) is 35.1 Å². The first-order chi connectivity index (χ1) is 21.4. The number of esters is 1. The Morgan fingerprint density at radius 3 is 2.59 bits per heavy atom. The zero-order valence-electron chi connectivity index (χ0n) is 24.3. The Balaban J connectivity index is 1.39. The third-order valence-corrected chi connectivity index (χ3v) is 8.34. The van der Waals surface area contributed by atoms with E-state index in [9.17, 15) is 9.59 Å². The van der Waals surface area contributed by atoms with Crippen LogP contribution >= 0.6 is 22.9 Å². The lowest BCUT2D eigenvalue weighted by Crippen LogP contribution is -2.39. The average molecular weight is 633 g/mol. The number of thiazole rings is 1. The van der Waals surface area contributed by atoms with Crippen LogP contribution in [-0.4, -0.2) is 30.5 Å². The van der Waals surface area contributed by atoms with Gasteiger partial charge in [-0.2, -0.15) is 0 Å². The molecule has 0 N–H and O–H groups in total. The molecule has 3 heterocycles. The van der Waals surface area contributed by atoms with E-state index in [1.54, 1.807) is 36.6 Å². The maximum Gasteiger partial charge on any atom is 0.338 e. The number of carbonyl (C=O) groups excluding carboxylic acids is 1. The number of benzene rings is 3. The molecule has 1 aromatic heterocycles. The maximum absolute atomic E-state index is 14.0. The van der Waals surface area contributed by atoms with Crippen molar-refractivity contribution in [2.75, 3.05) is 20.0 Å². The highest BCUT2D eigenvalue weighted by Crippen LogP contribution is 2.38. The van der Waals surface area contributed by atoms with Crippen LogP contribution in [0.3, 0.4) is 0 Å². The second-order valence-corrected chi connectivity index (χ2v) is 11.4. The zero-order chi connectivity index (χ0) is 30.8. The summed E-state index contributed by atoms with van der Waals surface area (Å²) in [6.45, 7) is 6.47. The summed E-state index contributed by atoms with van der Waals surface area (Å²) < 4.78 is 30.4. The number of allylic oxidation sites excluding steroid dienone is 1. The summed E-state index contributed by atoms with van der Waals surface area (Å²) in [6.07, 6.45) is 1.79. The van der Waals surface area contributed by atoms with Gasteiger partial charge in [-0.1, -0.05) is 47.2 Å². The van der Waals surface area contributed by atoms with Gasteiger partial charge in [-0.15, -0.1) is 0 Å². The van der Waals surface area contributed by atoms with Crippen LogP contribution in [0.2, 0.25) is 5.02 Å². The van der Waals surface area contributed by atoms with Crippen molar-refractivity contribution in [1.82, 2.24) is 4.57 Å². The number of hydrogen-bond acceptors (Lipinski definition) is 9. The van der Waals surface area contributed by atoms with E-state index < -0.39 is 12.0 Å². The van der Waals surface area contributed by atoms with E-state index in [0.717, 1.165) is 11.1 Å². The molecule has 6 rings (SSSR count). The molecule has 9 nitrogen and oxygen atoms in total. The smallest absolute Gasteiger partial charge is 0.338 e. The van der Waals surface area contributed by atoms with Crippen molar-refractivity contribution in [2.45, 2.75) is 33.4 Å². The summed E-state index contributed by atoms with van der Waals surface area (Å²) in [6, 6.07) is 17.6. The third kappa shape index (κ3) is 5.82. The van der Waals surface area contributed by atoms with Crippen LogP contribution in [0.1, 0.15) is 43.5 Å². The van der Waals surface area contributed by atoms with Crippen molar-refractivity contribution < 1.29 is 28.5 Å². The van der Waals surface area contributed by atoms with Crippen molar-refractivity contribution in [1.29, 1.82) is 0 Å². The molecule has 2 aliphatic rings. The molecular weight excluding hydrogens is 604 g/mol. The fourth-order valence-electron chi connectivity index (χ4n) is 5.09. The van der Waals surface area contributed by atoms with Crippen LogP contribution in [0.5, 0.6) is 23.0 Å². The highest BCUT2D eigenvalue weighted by atomic mass is 35.5. The molecule has 0 radical (unpaired) electrons. The minimum Gasteiger partial charge on any atom is -0.490 e. The summed E-state index contributed by atoms with van der Waals surface area (Å²) in [5.74, 6) is 1.76. The quantitative estimate of drug-likeness (QED) is 0.235. The molecule has 226 valence electrons. The van der Waals surface area contributed by atoms with Gasteiger partial charge in [0.2, 0.25) is 6.79 Å². The average Bonchev–Trinajstić information content (AvgIpc) is 3.60. The summed E-state index contributed by atoms with van der Waals surface area (Å²) in [7, 11) is 0. The van der Waals surface area contributed by atoms with E-state index in [2.05, 4.69) is 4.99 Å². The van der Waals surface area contributed by atoms with Crippen molar-refractivity contribution in [3.8, 4) is 23.0 Å². The Morgan fingerprint density at radius 2 is 1.82 bits per heavy atom. The number of halogens is 1. The molecule has 3 aromatic carbocycles. The number of ether oxygens (including phenoxy) is 5. The van der Waals surface area contributed by atoms with Crippen LogP contribution in [0, 0.1) is 0 Å². The molecule has 0 unspecified atom stereocenters. The zero-order valence-corrected chi connectivity index (χ0v) is 25.9. The van der Waals surface area contributed by atoms with E-state index in [1.165, 1.54) is 11.3 Å². The predicted octanol–water partition coefficient (Wildman–Crippen LogP) is 5.16. The first-order valence-electron chi connectivity index (χ1n) is 14.1. The monoisotopic (exact) mass is 632 g/mol. The minimum absolute atomic E-state index is 0.107. The van der Waals surface area contributed by atoms with Gasteiger partial charge in [0.25, 0.3) is 5.56 Å². The Bertz CT molecular complexity index is 1950. The second-order valence-electron chi connectivity index (χ2n) is 9.97. The number of fused-ring (bicyclic) bond motifs is 2. The van der Waals surface area contributed by atoms with Crippen LogP contribution < -0.4 is 33.8 Å². The van der Waals surface area contributed by atoms with Gasteiger partial charge in [0.15, 0.2) is 27.8 Å². The van der Waals surface area contributed by atoms with Crippen LogP contribution in [0.25, 0.3) is 6.08 Å². The van der Waals surface area contributed by atoms with Gasteiger partial charge < -0.3 is 23.7 Å². The van der Waals surface area contributed by atoms with Crippen molar-refractivity contribution in [2.24, 2.45) is 4.99 Å². The highest BCUT2D eigenvalue weighted by Gasteiger charge is 2.34. The molecule has 2 aliphatic heterocycles. The Hall–Kier alpha value is -4.54. The van der Waals surface area contributed by atoms with Gasteiger partial charge in [-0.05, 0) is 79.9 Å². The summed E-state index contributed by atoms with van der Waals surface area (Å²) in [4.78, 5) is 32.3. The number of hydrogen-bond donors (Lipinski definition) is 0. The molecule has 0 amide bonds. The molecule has 0 spiro atoms. The summed E-state index contributed by atoms with van der Waals surface area (Å²) >= 11 is 7.24. The van der Waals surface area contributed by atoms with Crippen LogP contribution in [0.4, 0.5) is 0 Å². The Morgan fingerprint density at radius 1 is 1.02 bits per heavy atom. The fraction of sp³-hybridized carbons (Fsp3) is 0.242. The SMILES string of the molecule is CCOC(=O)C1=C(C)N=c2s/c(=C\c3ccc(OCc4ccc(Cl)cc4)c(OCC)c3)c(=O)n2[C@@H]1c1ccc2c(c1)OCO2. The fourth-order valence-corrected chi connectivity index (χ4v) is 6.26.